The molecule has 44 valence electrons. The van der Waals surface area contributed by atoms with Crippen molar-refractivity contribution in [2.45, 2.75) is 19.4 Å². The molecule has 0 heterocycles. The Bertz CT molecular complexity index is 131. The van der Waals surface area contributed by atoms with Crippen LogP contribution < -0.4 is 0 Å². The molecule has 0 saturated carbocycles. The smallest absolute Gasteiger partial charge is 0.0728 e. The first kappa shape index (κ1) is 5.57. The summed E-state index contributed by atoms with van der Waals surface area (Å²) in [5.41, 5.74) is 1.12. The molecule has 0 spiro atoms. The zero-order chi connectivity index (χ0) is 5.98. The van der Waals surface area contributed by atoms with E-state index >= 15 is 0 Å². The average molecular weight is 110 g/mol. The second-order valence-electron chi connectivity index (χ2n) is 2.05. The van der Waals surface area contributed by atoms with E-state index in [2.05, 4.69) is 0 Å². The number of rotatable bonds is 1. The topological polar surface area (TPSA) is 20.2 Å². The molecule has 1 heteroatoms. The van der Waals surface area contributed by atoms with Crippen LogP contribution in [0.1, 0.15) is 13.3 Å². The predicted octanol–water partition coefficient (Wildman–Crippen LogP) is 1.25. The molecule has 1 aliphatic carbocycles. The van der Waals surface area contributed by atoms with Crippen LogP contribution >= 0.6 is 0 Å². The summed E-state index contributed by atoms with van der Waals surface area (Å²) < 4.78 is 0. The molecule has 0 aromatic carbocycles. The molecule has 0 aliphatic heterocycles. The number of hydrogen-bond donors (Lipinski definition) is 1. The second-order valence-corrected chi connectivity index (χ2v) is 2.05. The molecule has 1 aliphatic rings. The summed E-state index contributed by atoms with van der Waals surface area (Å²) in [6, 6.07) is 0. The van der Waals surface area contributed by atoms with E-state index < -0.39 is 0 Å². The molecule has 0 bridgehead atoms. The van der Waals surface area contributed by atoms with Gasteiger partial charge in [0.2, 0.25) is 0 Å². The minimum atomic E-state index is -0.259. The maximum atomic E-state index is 8.94. The fraction of sp³-hybridized carbons (Fsp3) is 0.429. The third-order valence-corrected chi connectivity index (χ3v) is 1.34. The fourth-order valence-electron chi connectivity index (χ4n) is 0.774. The van der Waals surface area contributed by atoms with Gasteiger partial charge >= 0.3 is 0 Å². The Morgan fingerprint density at radius 1 is 1.75 bits per heavy atom. The summed E-state index contributed by atoms with van der Waals surface area (Å²) in [7, 11) is 0. The summed E-state index contributed by atoms with van der Waals surface area (Å²) in [6.07, 6.45) is 6.65. The summed E-state index contributed by atoms with van der Waals surface area (Å²) in [5.74, 6) is 0. The molecule has 0 amide bonds. The van der Waals surface area contributed by atoms with Crippen LogP contribution in [0.2, 0.25) is 0 Å². The van der Waals surface area contributed by atoms with Gasteiger partial charge in [0.25, 0.3) is 0 Å². The van der Waals surface area contributed by atoms with Crippen molar-refractivity contribution in [3.8, 4) is 0 Å². The van der Waals surface area contributed by atoms with Gasteiger partial charge in [-0.15, -0.1) is 0 Å². The first-order valence-corrected chi connectivity index (χ1v) is 2.84. The summed E-state index contributed by atoms with van der Waals surface area (Å²) in [5, 5.41) is 8.94. The molecule has 0 radical (unpaired) electrons. The van der Waals surface area contributed by atoms with Gasteiger partial charge < -0.3 is 5.11 Å². The molecular formula is C7H10O. The van der Waals surface area contributed by atoms with Gasteiger partial charge in [0.15, 0.2) is 0 Å². The highest BCUT2D eigenvalue weighted by Gasteiger charge is 2.03. The SMILES string of the molecule is C[C@@H](O)C1=CC=CC1. The van der Waals surface area contributed by atoms with E-state index in [1.165, 1.54) is 0 Å². The van der Waals surface area contributed by atoms with E-state index in [1.807, 2.05) is 18.2 Å². The second kappa shape index (κ2) is 2.14. The monoisotopic (exact) mass is 110 g/mol. The zero-order valence-electron chi connectivity index (χ0n) is 4.96. The number of allylic oxidation sites excluding steroid dienone is 3. The van der Waals surface area contributed by atoms with Crippen molar-refractivity contribution in [3.63, 3.8) is 0 Å². The van der Waals surface area contributed by atoms with Gasteiger partial charge in [-0.3, -0.25) is 0 Å². The van der Waals surface area contributed by atoms with E-state index in [-0.39, 0.29) is 6.10 Å². The van der Waals surface area contributed by atoms with Crippen LogP contribution in [0.3, 0.4) is 0 Å². The van der Waals surface area contributed by atoms with E-state index in [0.29, 0.717) is 0 Å². The Balaban J connectivity index is 2.51. The lowest BCUT2D eigenvalue weighted by Gasteiger charge is -2.01. The van der Waals surface area contributed by atoms with Crippen molar-refractivity contribution in [1.82, 2.24) is 0 Å². The van der Waals surface area contributed by atoms with Gasteiger partial charge in [0.1, 0.15) is 0 Å². The van der Waals surface area contributed by atoms with Gasteiger partial charge in [0, 0.05) is 0 Å². The van der Waals surface area contributed by atoms with Crippen molar-refractivity contribution in [3.05, 3.63) is 23.8 Å². The summed E-state index contributed by atoms with van der Waals surface area (Å²) in [4.78, 5) is 0. The molecule has 0 saturated heterocycles. The maximum absolute atomic E-state index is 8.94. The molecule has 0 aromatic heterocycles. The largest absolute Gasteiger partial charge is 0.389 e. The molecule has 1 nitrogen and oxygen atoms in total. The van der Waals surface area contributed by atoms with Crippen molar-refractivity contribution < 1.29 is 5.11 Å². The van der Waals surface area contributed by atoms with Crippen LogP contribution in [0, 0.1) is 0 Å². The van der Waals surface area contributed by atoms with E-state index in [1.54, 1.807) is 6.92 Å². The minimum Gasteiger partial charge on any atom is -0.389 e. The van der Waals surface area contributed by atoms with Crippen LogP contribution in [-0.2, 0) is 0 Å². The van der Waals surface area contributed by atoms with Gasteiger partial charge in [-0.2, -0.15) is 0 Å². The van der Waals surface area contributed by atoms with Gasteiger partial charge in [-0.25, -0.2) is 0 Å². The highest BCUT2D eigenvalue weighted by molar-refractivity contribution is 5.25. The van der Waals surface area contributed by atoms with Crippen LogP contribution in [-0.4, -0.2) is 11.2 Å². The molecule has 0 aromatic rings. The fourth-order valence-corrected chi connectivity index (χ4v) is 0.774. The zero-order valence-corrected chi connectivity index (χ0v) is 4.96. The summed E-state index contributed by atoms with van der Waals surface area (Å²) >= 11 is 0. The third-order valence-electron chi connectivity index (χ3n) is 1.34. The number of hydrogen-bond acceptors (Lipinski definition) is 1. The molecule has 1 N–H and O–H groups in total. The van der Waals surface area contributed by atoms with Gasteiger partial charge in [-0.1, -0.05) is 18.2 Å². The minimum absolute atomic E-state index is 0.259. The third kappa shape index (κ3) is 0.984. The highest BCUT2D eigenvalue weighted by atomic mass is 16.3. The predicted molar refractivity (Wildman–Crippen MR) is 33.5 cm³/mol. The molecule has 0 fully saturated rings. The van der Waals surface area contributed by atoms with Gasteiger partial charge in [-0.05, 0) is 18.9 Å². The maximum Gasteiger partial charge on any atom is 0.0728 e. The lowest BCUT2D eigenvalue weighted by Crippen LogP contribution is -2.01. The quantitative estimate of drug-likeness (QED) is 0.538. The molecular weight excluding hydrogens is 100 g/mol. The Kier molecular flexibility index (Phi) is 1.49. The van der Waals surface area contributed by atoms with Crippen LogP contribution in [0.5, 0.6) is 0 Å². The normalized spacial score (nSPS) is 21.0. The molecule has 1 atom stereocenters. The molecule has 0 unspecified atom stereocenters. The van der Waals surface area contributed by atoms with Crippen molar-refractivity contribution in [2.24, 2.45) is 0 Å². The van der Waals surface area contributed by atoms with Crippen LogP contribution in [0.4, 0.5) is 0 Å². The standard InChI is InChI=1S/C7H10O/c1-6(8)7-4-2-3-5-7/h2-4,6,8H,5H2,1H3/t6-/m1/s1. The van der Waals surface area contributed by atoms with Crippen molar-refractivity contribution >= 4 is 0 Å². The van der Waals surface area contributed by atoms with E-state index in [4.69, 9.17) is 5.11 Å². The van der Waals surface area contributed by atoms with Crippen molar-refractivity contribution in [2.75, 3.05) is 0 Å². The Morgan fingerprint density at radius 3 is 2.75 bits per heavy atom. The Labute approximate surface area is 49.3 Å². The van der Waals surface area contributed by atoms with E-state index in [9.17, 15) is 0 Å². The molecule has 8 heavy (non-hydrogen) atoms. The highest BCUT2D eigenvalue weighted by Crippen LogP contribution is 2.13. The lowest BCUT2D eigenvalue weighted by atomic mass is 10.1. The Morgan fingerprint density at radius 2 is 2.50 bits per heavy atom. The average Bonchev–Trinajstić information content (AvgIpc) is 2.12. The molecule has 1 rings (SSSR count). The van der Waals surface area contributed by atoms with Crippen molar-refractivity contribution in [1.29, 1.82) is 0 Å². The number of aliphatic hydroxyl groups excluding tert-OH is 1. The van der Waals surface area contributed by atoms with Crippen LogP contribution in [0.25, 0.3) is 0 Å². The van der Waals surface area contributed by atoms with Gasteiger partial charge in [0.05, 0.1) is 6.10 Å². The first-order chi connectivity index (χ1) is 3.80. The lowest BCUT2D eigenvalue weighted by molar-refractivity contribution is 0.229. The number of aliphatic hydroxyl groups is 1. The van der Waals surface area contributed by atoms with E-state index in [0.717, 1.165) is 12.0 Å². The first-order valence-electron chi connectivity index (χ1n) is 2.84. The Hall–Kier alpha value is -0.560. The summed E-state index contributed by atoms with van der Waals surface area (Å²) in [6.45, 7) is 1.79. The van der Waals surface area contributed by atoms with Crippen LogP contribution in [0.15, 0.2) is 23.8 Å².